The molecule has 0 saturated carbocycles. The first-order valence-corrected chi connectivity index (χ1v) is 10.5. The van der Waals surface area contributed by atoms with Crippen molar-refractivity contribution in [1.29, 1.82) is 5.26 Å². The summed E-state index contributed by atoms with van der Waals surface area (Å²) in [6, 6.07) is 23.4. The molecule has 1 aliphatic heterocycles. The molecule has 5 nitrogen and oxygen atoms in total. The topological polar surface area (TPSA) is 65.4 Å². The number of benzene rings is 3. The number of hydrogen-bond donors (Lipinski definition) is 1. The SMILES string of the molecule is CCOC(=O)C1(C#N)Nc2ccc(Cl)cc2N(c2ccc(Cl)cc2)C1c1ccccc1. The fourth-order valence-electron chi connectivity index (χ4n) is 3.89. The van der Waals surface area contributed by atoms with Crippen LogP contribution in [-0.4, -0.2) is 18.1 Å². The number of nitrogens with one attached hydrogen (secondary N) is 1. The van der Waals surface area contributed by atoms with Crippen molar-refractivity contribution in [2.75, 3.05) is 16.8 Å². The van der Waals surface area contributed by atoms with Gasteiger partial charge in [-0.1, -0.05) is 53.5 Å². The highest BCUT2D eigenvalue weighted by atomic mass is 35.5. The second-order valence-corrected chi connectivity index (χ2v) is 7.96. The Morgan fingerprint density at radius 2 is 1.77 bits per heavy atom. The Bertz CT molecular complexity index is 1150. The van der Waals surface area contributed by atoms with Crippen molar-refractivity contribution >= 4 is 46.2 Å². The lowest BCUT2D eigenvalue weighted by atomic mass is 9.81. The summed E-state index contributed by atoms with van der Waals surface area (Å²) in [5, 5.41) is 14.7. The maximum absolute atomic E-state index is 13.3. The highest BCUT2D eigenvalue weighted by Crippen LogP contribution is 2.50. The minimum Gasteiger partial charge on any atom is -0.463 e. The number of hydrogen-bond acceptors (Lipinski definition) is 5. The number of ether oxygens (including phenoxy) is 1. The Balaban J connectivity index is 2.04. The van der Waals surface area contributed by atoms with Crippen molar-refractivity contribution in [3.8, 4) is 6.07 Å². The molecular formula is C24H19Cl2N3O2. The third kappa shape index (κ3) is 3.69. The number of nitriles is 1. The number of carbonyl (C=O) groups excluding carboxylic acids is 1. The van der Waals surface area contributed by atoms with Crippen LogP contribution in [0.5, 0.6) is 0 Å². The Labute approximate surface area is 190 Å². The molecule has 31 heavy (non-hydrogen) atoms. The zero-order valence-corrected chi connectivity index (χ0v) is 18.2. The summed E-state index contributed by atoms with van der Waals surface area (Å²) in [7, 11) is 0. The molecule has 3 aromatic rings. The van der Waals surface area contributed by atoms with Gasteiger partial charge in [0.05, 0.1) is 18.0 Å². The normalized spacial score (nSPS) is 19.7. The predicted octanol–water partition coefficient (Wildman–Crippen LogP) is 6.12. The summed E-state index contributed by atoms with van der Waals surface area (Å²) in [5.74, 6) is -0.647. The van der Waals surface area contributed by atoms with E-state index in [1.807, 2.05) is 47.4 Å². The predicted molar refractivity (Wildman–Crippen MR) is 123 cm³/mol. The fourth-order valence-corrected chi connectivity index (χ4v) is 4.18. The molecule has 0 bridgehead atoms. The van der Waals surface area contributed by atoms with E-state index >= 15 is 0 Å². The lowest BCUT2D eigenvalue weighted by molar-refractivity contribution is -0.147. The molecule has 0 radical (unpaired) electrons. The number of anilines is 3. The quantitative estimate of drug-likeness (QED) is 0.483. The molecule has 2 unspecified atom stereocenters. The molecule has 0 saturated heterocycles. The lowest BCUT2D eigenvalue weighted by Gasteiger charge is -2.47. The Morgan fingerprint density at radius 3 is 2.42 bits per heavy atom. The van der Waals surface area contributed by atoms with Crippen LogP contribution in [-0.2, 0) is 9.53 Å². The number of halogens is 2. The monoisotopic (exact) mass is 451 g/mol. The first-order valence-electron chi connectivity index (χ1n) is 9.76. The lowest BCUT2D eigenvalue weighted by Crippen LogP contribution is -2.58. The van der Waals surface area contributed by atoms with Crippen LogP contribution in [0.1, 0.15) is 18.5 Å². The van der Waals surface area contributed by atoms with Crippen LogP contribution >= 0.6 is 23.2 Å². The molecule has 7 heteroatoms. The third-order valence-corrected chi connectivity index (χ3v) is 5.70. The van der Waals surface area contributed by atoms with Crippen molar-refractivity contribution in [3.63, 3.8) is 0 Å². The molecule has 0 aromatic heterocycles. The van der Waals surface area contributed by atoms with Crippen LogP contribution in [0.25, 0.3) is 0 Å². The van der Waals surface area contributed by atoms with Gasteiger partial charge in [-0.25, -0.2) is 4.79 Å². The van der Waals surface area contributed by atoms with Gasteiger partial charge in [-0.2, -0.15) is 5.26 Å². The highest BCUT2D eigenvalue weighted by Gasteiger charge is 2.55. The molecule has 1 aliphatic rings. The highest BCUT2D eigenvalue weighted by molar-refractivity contribution is 6.31. The number of rotatable bonds is 4. The second-order valence-electron chi connectivity index (χ2n) is 7.09. The van der Waals surface area contributed by atoms with E-state index in [0.29, 0.717) is 15.7 Å². The number of nitrogens with zero attached hydrogens (tertiary/aromatic N) is 2. The van der Waals surface area contributed by atoms with Crippen LogP contribution in [0.2, 0.25) is 10.0 Å². The van der Waals surface area contributed by atoms with Gasteiger partial charge in [0.1, 0.15) is 12.1 Å². The van der Waals surface area contributed by atoms with E-state index in [0.717, 1.165) is 16.9 Å². The molecule has 156 valence electrons. The molecular weight excluding hydrogens is 433 g/mol. The van der Waals surface area contributed by atoms with Crippen molar-refractivity contribution in [2.24, 2.45) is 0 Å². The maximum atomic E-state index is 13.3. The van der Waals surface area contributed by atoms with E-state index in [-0.39, 0.29) is 6.61 Å². The van der Waals surface area contributed by atoms with E-state index < -0.39 is 17.6 Å². The van der Waals surface area contributed by atoms with E-state index in [9.17, 15) is 10.1 Å². The summed E-state index contributed by atoms with van der Waals surface area (Å²) < 4.78 is 5.37. The molecule has 4 rings (SSSR count). The molecule has 2 atom stereocenters. The Hall–Kier alpha value is -3.20. The zero-order valence-electron chi connectivity index (χ0n) is 16.7. The van der Waals surface area contributed by atoms with Gasteiger partial charge in [0.2, 0.25) is 5.54 Å². The van der Waals surface area contributed by atoms with Gasteiger partial charge in [-0.3, -0.25) is 0 Å². The number of fused-ring (bicyclic) bond motifs is 1. The van der Waals surface area contributed by atoms with Crippen LogP contribution in [0, 0.1) is 11.3 Å². The van der Waals surface area contributed by atoms with E-state index in [1.165, 1.54) is 0 Å². The first kappa shape index (κ1) is 21.0. The van der Waals surface area contributed by atoms with Gasteiger partial charge in [-0.05, 0) is 55.0 Å². The first-order chi connectivity index (χ1) is 15.0. The summed E-state index contributed by atoms with van der Waals surface area (Å²) in [4.78, 5) is 15.2. The van der Waals surface area contributed by atoms with Crippen molar-refractivity contribution < 1.29 is 9.53 Å². The Morgan fingerprint density at radius 1 is 1.10 bits per heavy atom. The molecule has 0 fully saturated rings. The van der Waals surface area contributed by atoms with Crippen LogP contribution in [0.4, 0.5) is 17.1 Å². The van der Waals surface area contributed by atoms with Crippen LogP contribution in [0.3, 0.4) is 0 Å². The second kappa shape index (κ2) is 8.50. The minimum absolute atomic E-state index is 0.153. The number of esters is 1. The Kier molecular flexibility index (Phi) is 5.77. The van der Waals surface area contributed by atoms with E-state index in [2.05, 4.69) is 11.4 Å². The molecule has 0 amide bonds. The van der Waals surface area contributed by atoms with Gasteiger partial charge in [-0.15, -0.1) is 0 Å². The summed E-state index contributed by atoms with van der Waals surface area (Å²) in [6.07, 6.45) is 0. The van der Waals surface area contributed by atoms with Crippen LogP contribution < -0.4 is 10.2 Å². The van der Waals surface area contributed by atoms with Gasteiger partial charge in [0.15, 0.2) is 0 Å². The largest absolute Gasteiger partial charge is 0.463 e. The summed E-state index contributed by atoms with van der Waals surface area (Å²) in [5.41, 5.74) is 1.16. The van der Waals surface area contributed by atoms with Gasteiger partial charge in [0, 0.05) is 15.7 Å². The van der Waals surface area contributed by atoms with Crippen molar-refractivity contribution in [3.05, 3.63) is 88.4 Å². The molecule has 3 aromatic carbocycles. The van der Waals surface area contributed by atoms with Crippen LogP contribution in [0.15, 0.2) is 72.8 Å². The zero-order chi connectivity index (χ0) is 22.0. The van der Waals surface area contributed by atoms with E-state index in [1.54, 1.807) is 37.3 Å². The van der Waals surface area contributed by atoms with Crippen molar-refractivity contribution in [2.45, 2.75) is 18.5 Å². The third-order valence-electron chi connectivity index (χ3n) is 5.21. The summed E-state index contributed by atoms with van der Waals surface area (Å²) >= 11 is 12.5. The van der Waals surface area contributed by atoms with E-state index in [4.69, 9.17) is 27.9 Å². The smallest absolute Gasteiger partial charge is 0.349 e. The molecule has 1 N–H and O–H groups in total. The molecule has 0 spiro atoms. The van der Waals surface area contributed by atoms with Gasteiger partial charge in [0.25, 0.3) is 0 Å². The average molecular weight is 452 g/mol. The summed E-state index contributed by atoms with van der Waals surface area (Å²) in [6.45, 7) is 1.87. The van der Waals surface area contributed by atoms with Crippen molar-refractivity contribution in [1.82, 2.24) is 0 Å². The standard InChI is InChI=1S/C24H19Cl2N3O2/c1-2-31-23(30)24(15-27)22(16-6-4-3-5-7-16)29(19-11-8-17(25)9-12-19)21-14-18(26)10-13-20(21)28-24/h3-14,22,28H,2H2,1H3. The maximum Gasteiger partial charge on any atom is 0.349 e. The molecule has 1 heterocycles. The minimum atomic E-state index is -1.70. The van der Waals surface area contributed by atoms with Gasteiger partial charge < -0.3 is 15.0 Å². The van der Waals surface area contributed by atoms with Gasteiger partial charge >= 0.3 is 5.97 Å². The molecule has 0 aliphatic carbocycles. The fraction of sp³-hybridized carbons (Fsp3) is 0.167. The average Bonchev–Trinajstić information content (AvgIpc) is 2.79. The number of carbonyl (C=O) groups is 1.